The standard InChI is InChI=1S/C15H21N3O2S/c19-21(20,17-10-4-1-5-11-17)18-12-6-7-14(13-18)15-8-2-3-9-16-15/h2-3,7-9H,1,4-6,10-13H2. The number of piperidine rings is 1. The Bertz CT molecular complexity index is 607. The maximum Gasteiger partial charge on any atom is 0.282 e. The van der Waals surface area contributed by atoms with Crippen LogP contribution in [-0.2, 0) is 10.2 Å². The van der Waals surface area contributed by atoms with Crippen LogP contribution in [0.25, 0.3) is 5.57 Å². The Morgan fingerprint density at radius 1 is 1.00 bits per heavy atom. The van der Waals surface area contributed by atoms with Crippen LogP contribution in [0.4, 0.5) is 0 Å². The lowest BCUT2D eigenvalue weighted by Crippen LogP contribution is -2.47. The molecule has 114 valence electrons. The highest BCUT2D eigenvalue weighted by atomic mass is 32.2. The van der Waals surface area contributed by atoms with E-state index in [1.54, 1.807) is 14.8 Å². The van der Waals surface area contributed by atoms with Crippen molar-refractivity contribution in [1.29, 1.82) is 0 Å². The van der Waals surface area contributed by atoms with E-state index in [0.29, 0.717) is 26.2 Å². The third kappa shape index (κ3) is 3.17. The van der Waals surface area contributed by atoms with Gasteiger partial charge in [-0.25, -0.2) is 0 Å². The Hall–Kier alpha value is -1.24. The molecule has 0 aromatic carbocycles. The first-order valence-corrected chi connectivity index (χ1v) is 8.93. The minimum absolute atomic E-state index is 0.426. The average Bonchev–Trinajstić information content (AvgIpc) is 2.57. The summed E-state index contributed by atoms with van der Waals surface area (Å²) >= 11 is 0. The second-order valence-corrected chi connectivity index (χ2v) is 7.46. The normalized spacial score (nSPS) is 22.0. The first-order chi connectivity index (χ1) is 10.2. The molecule has 2 aliphatic heterocycles. The summed E-state index contributed by atoms with van der Waals surface area (Å²) in [5.41, 5.74) is 1.87. The van der Waals surface area contributed by atoms with Gasteiger partial charge in [0.15, 0.2) is 0 Å². The molecule has 3 heterocycles. The van der Waals surface area contributed by atoms with E-state index in [1.807, 2.05) is 18.2 Å². The molecular formula is C15H21N3O2S. The van der Waals surface area contributed by atoms with Gasteiger partial charge in [0.1, 0.15) is 0 Å². The number of aromatic nitrogens is 1. The molecule has 0 spiro atoms. The number of nitrogens with zero attached hydrogens (tertiary/aromatic N) is 3. The van der Waals surface area contributed by atoms with Crippen LogP contribution in [0.1, 0.15) is 31.4 Å². The fourth-order valence-electron chi connectivity index (χ4n) is 2.91. The van der Waals surface area contributed by atoms with Crippen molar-refractivity contribution in [2.24, 2.45) is 0 Å². The Labute approximate surface area is 126 Å². The summed E-state index contributed by atoms with van der Waals surface area (Å²) in [6.07, 6.45) is 7.66. The first kappa shape index (κ1) is 14.7. The SMILES string of the molecule is O=S(=O)(N1CCCCC1)N1CCC=C(c2ccccn2)C1. The van der Waals surface area contributed by atoms with Crippen molar-refractivity contribution in [1.82, 2.24) is 13.6 Å². The van der Waals surface area contributed by atoms with Crippen LogP contribution < -0.4 is 0 Å². The molecule has 5 nitrogen and oxygen atoms in total. The van der Waals surface area contributed by atoms with Crippen molar-refractivity contribution in [2.75, 3.05) is 26.2 Å². The molecule has 0 amide bonds. The zero-order chi connectivity index (χ0) is 14.7. The van der Waals surface area contributed by atoms with Crippen LogP contribution in [-0.4, -0.2) is 48.2 Å². The minimum atomic E-state index is -3.33. The number of pyridine rings is 1. The van der Waals surface area contributed by atoms with Gasteiger partial charge in [-0.3, -0.25) is 4.98 Å². The van der Waals surface area contributed by atoms with Gasteiger partial charge in [-0.1, -0.05) is 18.6 Å². The molecule has 0 saturated carbocycles. The second kappa shape index (κ2) is 6.25. The predicted octanol–water partition coefficient (Wildman–Crippen LogP) is 1.90. The first-order valence-electron chi connectivity index (χ1n) is 7.53. The van der Waals surface area contributed by atoms with E-state index in [2.05, 4.69) is 11.1 Å². The molecule has 6 heteroatoms. The number of rotatable bonds is 3. The van der Waals surface area contributed by atoms with E-state index >= 15 is 0 Å². The molecule has 2 aliphatic rings. The molecular weight excluding hydrogens is 286 g/mol. The molecule has 0 N–H and O–H groups in total. The molecule has 1 fully saturated rings. The summed E-state index contributed by atoms with van der Waals surface area (Å²) in [7, 11) is -3.33. The zero-order valence-electron chi connectivity index (χ0n) is 12.1. The monoisotopic (exact) mass is 307 g/mol. The molecule has 21 heavy (non-hydrogen) atoms. The number of hydrogen-bond donors (Lipinski definition) is 0. The maximum atomic E-state index is 12.7. The molecule has 3 rings (SSSR count). The predicted molar refractivity (Wildman–Crippen MR) is 82.7 cm³/mol. The lowest BCUT2D eigenvalue weighted by molar-refractivity contribution is 0.309. The van der Waals surface area contributed by atoms with Gasteiger partial charge in [-0.15, -0.1) is 0 Å². The van der Waals surface area contributed by atoms with Crippen LogP contribution in [0.5, 0.6) is 0 Å². The van der Waals surface area contributed by atoms with Gasteiger partial charge >= 0.3 is 0 Å². The Morgan fingerprint density at radius 3 is 2.52 bits per heavy atom. The van der Waals surface area contributed by atoms with E-state index in [4.69, 9.17) is 0 Å². The van der Waals surface area contributed by atoms with Gasteiger partial charge in [-0.2, -0.15) is 17.0 Å². The van der Waals surface area contributed by atoms with Crippen molar-refractivity contribution in [3.8, 4) is 0 Å². The van der Waals surface area contributed by atoms with Gasteiger partial charge < -0.3 is 0 Å². The van der Waals surface area contributed by atoms with Gasteiger partial charge in [0.05, 0.1) is 5.69 Å². The third-order valence-corrected chi connectivity index (χ3v) is 6.06. The molecule has 0 radical (unpaired) electrons. The molecule has 0 unspecified atom stereocenters. The van der Waals surface area contributed by atoms with Gasteiger partial charge in [-0.05, 0) is 37.0 Å². The minimum Gasteiger partial charge on any atom is -0.257 e. The summed E-state index contributed by atoms with van der Waals surface area (Å²) < 4.78 is 28.7. The van der Waals surface area contributed by atoms with Crippen molar-refractivity contribution in [3.05, 3.63) is 36.2 Å². The topological polar surface area (TPSA) is 53.5 Å². The van der Waals surface area contributed by atoms with Crippen LogP contribution in [0.3, 0.4) is 0 Å². The molecule has 0 bridgehead atoms. The smallest absolute Gasteiger partial charge is 0.257 e. The fourth-order valence-corrected chi connectivity index (χ4v) is 4.60. The van der Waals surface area contributed by atoms with Crippen LogP contribution in [0.2, 0.25) is 0 Å². The van der Waals surface area contributed by atoms with Gasteiger partial charge in [0.25, 0.3) is 10.2 Å². The van der Waals surface area contributed by atoms with E-state index in [-0.39, 0.29) is 0 Å². The molecule has 0 atom stereocenters. The Morgan fingerprint density at radius 2 is 1.81 bits per heavy atom. The zero-order valence-corrected chi connectivity index (χ0v) is 12.9. The average molecular weight is 307 g/mol. The summed E-state index contributed by atoms with van der Waals surface area (Å²) in [4.78, 5) is 4.33. The highest BCUT2D eigenvalue weighted by Gasteiger charge is 2.32. The molecule has 1 aromatic heterocycles. The highest BCUT2D eigenvalue weighted by molar-refractivity contribution is 7.86. The van der Waals surface area contributed by atoms with Crippen LogP contribution in [0.15, 0.2) is 30.5 Å². The summed E-state index contributed by atoms with van der Waals surface area (Å²) in [5.74, 6) is 0. The lowest BCUT2D eigenvalue weighted by atomic mass is 10.1. The van der Waals surface area contributed by atoms with Crippen LogP contribution in [0, 0.1) is 0 Å². The Kier molecular flexibility index (Phi) is 4.37. The van der Waals surface area contributed by atoms with Crippen molar-refractivity contribution in [3.63, 3.8) is 0 Å². The quantitative estimate of drug-likeness (QED) is 0.857. The van der Waals surface area contributed by atoms with E-state index in [9.17, 15) is 8.42 Å². The number of hydrogen-bond acceptors (Lipinski definition) is 3. The molecule has 1 aromatic rings. The molecule has 0 aliphatic carbocycles. The van der Waals surface area contributed by atoms with E-state index < -0.39 is 10.2 Å². The second-order valence-electron chi connectivity index (χ2n) is 5.53. The summed E-state index contributed by atoms with van der Waals surface area (Å²) in [6.45, 7) is 2.30. The fraction of sp³-hybridized carbons (Fsp3) is 0.533. The van der Waals surface area contributed by atoms with Crippen molar-refractivity contribution >= 4 is 15.8 Å². The summed E-state index contributed by atoms with van der Waals surface area (Å²) in [6, 6.07) is 5.74. The van der Waals surface area contributed by atoms with Crippen molar-refractivity contribution < 1.29 is 8.42 Å². The Balaban J connectivity index is 1.77. The highest BCUT2D eigenvalue weighted by Crippen LogP contribution is 2.24. The van der Waals surface area contributed by atoms with E-state index in [1.165, 1.54) is 0 Å². The van der Waals surface area contributed by atoms with Crippen LogP contribution >= 0.6 is 0 Å². The van der Waals surface area contributed by atoms with Crippen molar-refractivity contribution in [2.45, 2.75) is 25.7 Å². The third-order valence-electron chi connectivity index (χ3n) is 4.08. The maximum absolute atomic E-state index is 12.7. The largest absolute Gasteiger partial charge is 0.282 e. The van der Waals surface area contributed by atoms with Gasteiger partial charge in [0.2, 0.25) is 0 Å². The summed E-state index contributed by atoms with van der Waals surface area (Å²) in [5, 5.41) is 0. The lowest BCUT2D eigenvalue weighted by Gasteiger charge is -2.34. The van der Waals surface area contributed by atoms with Gasteiger partial charge in [0, 0.05) is 32.4 Å². The van der Waals surface area contributed by atoms with E-state index in [0.717, 1.165) is 37.0 Å². The molecule has 1 saturated heterocycles.